The molecular weight excluding hydrogens is 230 g/mol. The lowest BCUT2D eigenvalue weighted by Crippen LogP contribution is -2.09. The zero-order chi connectivity index (χ0) is 12.7. The van der Waals surface area contributed by atoms with Crippen LogP contribution in [0.25, 0.3) is 0 Å². The van der Waals surface area contributed by atoms with Gasteiger partial charge in [-0.3, -0.25) is 0 Å². The fourth-order valence-electron chi connectivity index (χ4n) is 1.72. The molecule has 0 aliphatic carbocycles. The number of benzene rings is 1. The molecule has 1 unspecified atom stereocenters. The lowest BCUT2D eigenvalue weighted by Gasteiger charge is -2.14. The summed E-state index contributed by atoms with van der Waals surface area (Å²) >= 11 is 1.58. The molecule has 0 saturated heterocycles. The Labute approximate surface area is 108 Å². The van der Waals surface area contributed by atoms with Crippen LogP contribution in [0.5, 0.6) is 5.75 Å². The summed E-state index contributed by atoms with van der Waals surface area (Å²) in [6, 6.07) is 7.98. The summed E-state index contributed by atoms with van der Waals surface area (Å²) in [5, 5.41) is 9.16. The Morgan fingerprint density at radius 3 is 2.82 bits per heavy atom. The van der Waals surface area contributed by atoms with Crippen LogP contribution in [-0.4, -0.2) is 12.9 Å². The largest absolute Gasteiger partial charge is 0.492 e. The van der Waals surface area contributed by atoms with Gasteiger partial charge in [0.15, 0.2) is 0 Å². The molecule has 1 atom stereocenters. The molecule has 0 aromatic heterocycles. The van der Waals surface area contributed by atoms with Gasteiger partial charge in [0.25, 0.3) is 0 Å². The predicted octanol–water partition coefficient (Wildman–Crippen LogP) is 4.10. The van der Waals surface area contributed by atoms with Crippen molar-refractivity contribution in [3.05, 3.63) is 23.8 Å². The van der Waals surface area contributed by atoms with Gasteiger partial charge in [-0.25, -0.2) is 0 Å². The number of thioether (sulfide) groups is 1. The molecule has 0 saturated carbocycles. The topological polar surface area (TPSA) is 33.0 Å². The van der Waals surface area contributed by atoms with E-state index in [1.807, 2.05) is 24.5 Å². The summed E-state index contributed by atoms with van der Waals surface area (Å²) < 4.78 is 5.75. The highest BCUT2D eigenvalue weighted by atomic mass is 32.2. The molecule has 17 heavy (non-hydrogen) atoms. The highest BCUT2D eigenvalue weighted by molar-refractivity contribution is 7.98. The Hall–Kier alpha value is -1.14. The highest BCUT2D eigenvalue weighted by Gasteiger charge is 2.09. The Balaban J connectivity index is 2.74. The Morgan fingerprint density at radius 2 is 2.24 bits per heavy atom. The maximum Gasteiger partial charge on any atom is 0.138 e. The summed E-state index contributed by atoms with van der Waals surface area (Å²) in [5.41, 5.74) is 0.656. The summed E-state index contributed by atoms with van der Waals surface area (Å²) in [6.45, 7) is 5.03. The third-order valence-electron chi connectivity index (χ3n) is 2.62. The summed E-state index contributed by atoms with van der Waals surface area (Å²) in [7, 11) is 0. The van der Waals surface area contributed by atoms with E-state index < -0.39 is 0 Å². The summed E-state index contributed by atoms with van der Waals surface area (Å²) in [4.78, 5) is 0.980. The average Bonchev–Trinajstić information content (AvgIpc) is 2.36. The first kappa shape index (κ1) is 13.9. The van der Waals surface area contributed by atoms with Gasteiger partial charge in [-0.05, 0) is 30.7 Å². The van der Waals surface area contributed by atoms with Gasteiger partial charge in [0.05, 0.1) is 6.61 Å². The average molecular weight is 249 g/mol. The summed E-state index contributed by atoms with van der Waals surface area (Å²) in [6.07, 6.45) is 4.30. The van der Waals surface area contributed by atoms with E-state index in [0.29, 0.717) is 23.8 Å². The lowest BCUT2D eigenvalue weighted by atomic mass is 10.1. The van der Waals surface area contributed by atoms with E-state index in [9.17, 15) is 0 Å². The van der Waals surface area contributed by atoms with Crippen LogP contribution in [0.3, 0.4) is 0 Å². The maximum atomic E-state index is 9.16. The van der Waals surface area contributed by atoms with Crippen molar-refractivity contribution in [2.24, 2.45) is 5.92 Å². The Bertz CT molecular complexity index is 398. The predicted molar refractivity (Wildman–Crippen MR) is 72.5 cm³/mol. The van der Waals surface area contributed by atoms with Crippen LogP contribution in [0, 0.1) is 17.2 Å². The second-order valence-electron chi connectivity index (χ2n) is 4.15. The summed E-state index contributed by atoms with van der Waals surface area (Å²) in [5.74, 6) is 1.24. The standard InChI is InChI=1S/C14H19NOS/c1-4-6-11(2)10-16-13-7-5-8-14(17-3)12(13)9-15/h5,7-8,11H,4,6,10H2,1-3H3. The smallest absolute Gasteiger partial charge is 0.138 e. The third kappa shape index (κ3) is 3.98. The first-order valence-corrected chi connectivity index (χ1v) is 7.15. The molecule has 0 spiro atoms. The zero-order valence-corrected chi connectivity index (χ0v) is 11.5. The fourth-order valence-corrected chi connectivity index (χ4v) is 2.28. The van der Waals surface area contributed by atoms with Gasteiger partial charge in [-0.15, -0.1) is 11.8 Å². The second-order valence-corrected chi connectivity index (χ2v) is 5.00. The number of hydrogen-bond donors (Lipinski definition) is 0. The maximum absolute atomic E-state index is 9.16. The number of nitrogens with zero attached hydrogens (tertiary/aromatic N) is 1. The first-order valence-electron chi connectivity index (χ1n) is 5.92. The molecule has 0 fully saturated rings. The highest BCUT2D eigenvalue weighted by Crippen LogP contribution is 2.28. The van der Waals surface area contributed by atoms with Crippen LogP contribution in [0.2, 0.25) is 0 Å². The molecule has 92 valence electrons. The number of ether oxygens (including phenoxy) is 1. The van der Waals surface area contributed by atoms with Gasteiger partial charge in [-0.2, -0.15) is 5.26 Å². The van der Waals surface area contributed by atoms with Crippen molar-refractivity contribution in [3.8, 4) is 11.8 Å². The molecule has 3 heteroatoms. The molecule has 0 N–H and O–H groups in total. The Morgan fingerprint density at radius 1 is 1.47 bits per heavy atom. The van der Waals surface area contributed by atoms with Crippen molar-refractivity contribution in [1.82, 2.24) is 0 Å². The van der Waals surface area contributed by atoms with Crippen molar-refractivity contribution in [2.75, 3.05) is 12.9 Å². The van der Waals surface area contributed by atoms with Crippen molar-refractivity contribution >= 4 is 11.8 Å². The molecule has 0 aliphatic heterocycles. The van der Waals surface area contributed by atoms with Crippen molar-refractivity contribution < 1.29 is 4.74 Å². The number of hydrogen-bond acceptors (Lipinski definition) is 3. The number of rotatable bonds is 6. The molecule has 2 nitrogen and oxygen atoms in total. The minimum atomic E-state index is 0.532. The zero-order valence-electron chi connectivity index (χ0n) is 10.7. The van der Waals surface area contributed by atoms with Gasteiger partial charge in [0.2, 0.25) is 0 Å². The monoisotopic (exact) mass is 249 g/mol. The van der Waals surface area contributed by atoms with Gasteiger partial charge in [-0.1, -0.05) is 26.3 Å². The second kappa shape index (κ2) is 7.24. The molecule has 0 bridgehead atoms. The van der Waals surface area contributed by atoms with E-state index in [4.69, 9.17) is 10.00 Å². The van der Waals surface area contributed by atoms with Crippen LogP contribution in [0.15, 0.2) is 23.1 Å². The molecule has 0 amide bonds. The minimum absolute atomic E-state index is 0.532. The molecule has 0 heterocycles. The molecule has 0 aliphatic rings. The normalized spacial score (nSPS) is 11.9. The quantitative estimate of drug-likeness (QED) is 0.712. The third-order valence-corrected chi connectivity index (χ3v) is 3.40. The van der Waals surface area contributed by atoms with Crippen LogP contribution >= 0.6 is 11.8 Å². The molecular formula is C14H19NOS. The first-order chi connectivity index (χ1) is 8.22. The van der Waals surface area contributed by atoms with Crippen molar-refractivity contribution in [3.63, 3.8) is 0 Å². The fraction of sp³-hybridized carbons (Fsp3) is 0.500. The Kier molecular flexibility index (Phi) is 5.93. The van der Waals surface area contributed by atoms with Gasteiger partial charge < -0.3 is 4.74 Å². The van der Waals surface area contributed by atoms with Crippen molar-refractivity contribution in [2.45, 2.75) is 31.6 Å². The molecule has 1 rings (SSSR count). The van der Waals surface area contributed by atoms with E-state index in [-0.39, 0.29) is 0 Å². The molecule has 1 aromatic rings. The van der Waals surface area contributed by atoms with Crippen molar-refractivity contribution in [1.29, 1.82) is 5.26 Å². The van der Waals surface area contributed by atoms with Crippen LogP contribution in [-0.2, 0) is 0 Å². The van der Waals surface area contributed by atoms with E-state index in [0.717, 1.165) is 11.3 Å². The lowest BCUT2D eigenvalue weighted by molar-refractivity contribution is 0.250. The van der Waals surface area contributed by atoms with E-state index >= 15 is 0 Å². The molecule has 0 radical (unpaired) electrons. The van der Waals surface area contributed by atoms with Gasteiger partial charge >= 0.3 is 0 Å². The van der Waals surface area contributed by atoms with Gasteiger partial charge in [0.1, 0.15) is 17.4 Å². The molecule has 1 aromatic carbocycles. The van der Waals surface area contributed by atoms with Gasteiger partial charge in [0, 0.05) is 4.90 Å². The number of nitriles is 1. The van der Waals surface area contributed by atoms with E-state index in [2.05, 4.69) is 19.9 Å². The van der Waals surface area contributed by atoms with Crippen LogP contribution in [0.4, 0.5) is 0 Å². The van der Waals surface area contributed by atoms with Crippen LogP contribution in [0.1, 0.15) is 32.3 Å². The minimum Gasteiger partial charge on any atom is -0.492 e. The van der Waals surface area contributed by atoms with Crippen LogP contribution < -0.4 is 4.74 Å². The van der Waals surface area contributed by atoms with E-state index in [1.54, 1.807) is 11.8 Å². The SMILES string of the molecule is CCCC(C)COc1cccc(SC)c1C#N. The van der Waals surface area contributed by atoms with E-state index in [1.165, 1.54) is 6.42 Å².